The molecule has 3 aromatic rings. The first-order valence-electron chi connectivity index (χ1n) is 7.63. The van der Waals surface area contributed by atoms with Gasteiger partial charge in [0.25, 0.3) is 0 Å². The zero-order valence-corrected chi connectivity index (χ0v) is 12.7. The average molecular weight is 310 g/mol. The van der Waals surface area contributed by atoms with Crippen molar-refractivity contribution in [3.05, 3.63) is 42.7 Å². The second kappa shape index (κ2) is 5.81. The standard InChI is InChI=1S/C17H18N4O2/c18-17-16(14-5-6-19-11-15(14)23-17)20-12-1-3-13(4-2-12)21-7-9-22-10-8-21/h1-6,11,20H,7-10,18H2. The van der Waals surface area contributed by atoms with E-state index in [0.29, 0.717) is 11.5 Å². The second-order valence-electron chi connectivity index (χ2n) is 5.48. The maximum Gasteiger partial charge on any atom is 0.215 e. The summed E-state index contributed by atoms with van der Waals surface area (Å²) in [7, 11) is 0. The van der Waals surface area contributed by atoms with E-state index in [0.717, 1.165) is 43.1 Å². The molecule has 1 aliphatic heterocycles. The van der Waals surface area contributed by atoms with Crippen molar-refractivity contribution in [2.45, 2.75) is 0 Å². The largest absolute Gasteiger partial charge is 0.437 e. The van der Waals surface area contributed by atoms with Crippen LogP contribution in [-0.4, -0.2) is 31.3 Å². The highest BCUT2D eigenvalue weighted by atomic mass is 16.5. The summed E-state index contributed by atoms with van der Waals surface area (Å²) in [6.07, 6.45) is 3.39. The van der Waals surface area contributed by atoms with Gasteiger partial charge in [-0.15, -0.1) is 0 Å². The zero-order chi connectivity index (χ0) is 15.6. The molecule has 0 saturated carbocycles. The van der Waals surface area contributed by atoms with E-state index in [9.17, 15) is 0 Å². The maximum absolute atomic E-state index is 5.97. The first-order chi connectivity index (χ1) is 11.3. The van der Waals surface area contributed by atoms with E-state index >= 15 is 0 Å². The number of morpholine rings is 1. The Morgan fingerprint density at radius 2 is 1.87 bits per heavy atom. The van der Waals surface area contributed by atoms with Gasteiger partial charge in [0.15, 0.2) is 5.58 Å². The van der Waals surface area contributed by atoms with E-state index in [1.807, 2.05) is 18.2 Å². The number of hydrogen-bond donors (Lipinski definition) is 2. The van der Waals surface area contributed by atoms with E-state index in [-0.39, 0.29) is 0 Å². The van der Waals surface area contributed by atoms with Crippen LogP contribution in [0.15, 0.2) is 47.1 Å². The number of nitrogens with one attached hydrogen (secondary N) is 1. The first kappa shape index (κ1) is 13.9. The number of benzene rings is 1. The number of furan rings is 1. The van der Waals surface area contributed by atoms with Crippen molar-refractivity contribution >= 4 is 33.9 Å². The molecule has 0 atom stereocenters. The minimum absolute atomic E-state index is 0.366. The van der Waals surface area contributed by atoms with Crippen LogP contribution in [0, 0.1) is 0 Å². The van der Waals surface area contributed by atoms with Crippen LogP contribution in [0.5, 0.6) is 0 Å². The fourth-order valence-electron chi connectivity index (χ4n) is 2.82. The Balaban J connectivity index is 1.57. The quantitative estimate of drug-likeness (QED) is 0.774. The smallest absolute Gasteiger partial charge is 0.215 e. The summed E-state index contributed by atoms with van der Waals surface area (Å²) in [5.74, 6) is 0.366. The molecule has 0 aliphatic carbocycles. The minimum atomic E-state index is 0.366. The van der Waals surface area contributed by atoms with Gasteiger partial charge < -0.3 is 25.1 Å². The molecule has 4 rings (SSSR count). The highest BCUT2D eigenvalue weighted by Gasteiger charge is 2.13. The Labute approximate surface area is 133 Å². The lowest BCUT2D eigenvalue weighted by molar-refractivity contribution is 0.122. The van der Waals surface area contributed by atoms with E-state index < -0.39 is 0 Å². The maximum atomic E-state index is 5.97. The van der Waals surface area contributed by atoms with Crippen LogP contribution in [0.3, 0.4) is 0 Å². The molecule has 1 aliphatic rings. The average Bonchev–Trinajstić information content (AvgIpc) is 2.92. The molecule has 23 heavy (non-hydrogen) atoms. The summed E-state index contributed by atoms with van der Waals surface area (Å²) in [5, 5.41) is 4.26. The van der Waals surface area contributed by atoms with Gasteiger partial charge >= 0.3 is 0 Å². The third kappa shape index (κ3) is 2.68. The molecule has 6 heteroatoms. The number of rotatable bonds is 3. The van der Waals surface area contributed by atoms with Crippen LogP contribution in [0.4, 0.5) is 22.9 Å². The SMILES string of the molecule is Nc1oc2cnccc2c1Nc1ccc(N2CCOCC2)cc1. The molecule has 6 nitrogen and oxygen atoms in total. The molecular weight excluding hydrogens is 292 g/mol. The van der Waals surface area contributed by atoms with Crippen molar-refractivity contribution in [1.29, 1.82) is 0 Å². The molecule has 1 saturated heterocycles. The third-order valence-corrected chi connectivity index (χ3v) is 4.03. The van der Waals surface area contributed by atoms with Crippen LogP contribution >= 0.6 is 0 Å². The van der Waals surface area contributed by atoms with Crippen molar-refractivity contribution in [3.8, 4) is 0 Å². The summed E-state index contributed by atoms with van der Waals surface area (Å²) >= 11 is 0. The van der Waals surface area contributed by atoms with Crippen LogP contribution < -0.4 is 16.0 Å². The van der Waals surface area contributed by atoms with Gasteiger partial charge in [-0.25, -0.2) is 0 Å². The third-order valence-electron chi connectivity index (χ3n) is 4.03. The number of aromatic nitrogens is 1. The number of anilines is 4. The molecule has 118 valence electrons. The molecular formula is C17H18N4O2. The summed E-state index contributed by atoms with van der Waals surface area (Å²) in [5.41, 5.74) is 9.59. The second-order valence-corrected chi connectivity index (χ2v) is 5.48. The van der Waals surface area contributed by atoms with Crippen molar-refractivity contribution in [2.75, 3.05) is 42.3 Å². The van der Waals surface area contributed by atoms with Crippen molar-refractivity contribution < 1.29 is 9.15 Å². The monoisotopic (exact) mass is 310 g/mol. The molecule has 3 heterocycles. The number of pyridine rings is 1. The lowest BCUT2D eigenvalue weighted by Crippen LogP contribution is -2.36. The highest BCUT2D eigenvalue weighted by molar-refractivity contribution is 5.97. The van der Waals surface area contributed by atoms with Crippen LogP contribution in [-0.2, 0) is 4.74 Å². The first-order valence-corrected chi connectivity index (χ1v) is 7.63. The number of ether oxygens (including phenoxy) is 1. The Hall–Kier alpha value is -2.73. The van der Waals surface area contributed by atoms with Gasteiger partial charge in [-0.3, -0.25) is 4.98 Å². The topological polar surface area (TPSA) is 76.5 Å². The molecule has 0 radical (unpaired) electrons. The van der Waals surface area contributed by atoms with Crippen LogP contribution in [0.25, 0.3) is 11.0 Å². The lowest BCUT2D eigenvalue weighted by Gasteiger charge is -2.28. The van der Waals surface area contributed by atoms with Gasteiger partial charge in [-0.1, -0.05) is 0 Å². The number of nitrogen functional groups attached to an aromatic ring is 1. The number of nitrogens with zero attached hydrogens (tertiary/aromatic N) is 2. The fraction of sp³-hybridized carbons (Fsp3) is 0.235. The van der Waals surface area contributed by atoms with Crippen molar-refractivity contribution in [3.63, 3.8) is 0 Å². The van der Waals surface area contributed by atoms with E-state index in [1.165, 1.54) is 5.69 Å². The Bertz CT molecular complexity index is 807. The number of hydrogen-bond acceptors (Lipinski definition) is 6. The number of nitrogens with two attached hydrogens (primary N) is 1. The van der Waals surface area contributed by atoms with Gasteiger partial charge in [0.2, 0.25) is 5.88 Å². The van der Waals surface area contributed by atoms with Gasteiger partial charge in [0.1, 0.15) is 5.69 Å². The fourth-order valence-corrected chi connectivity index (χ4v) is 2.82. The molecule has 2 aromatic heterocycles. The molecule has 0 amide bonds. The summed E-state index contributed by atoms with van der Waals surface area (Å²) in [6.45, 7) is 3.43. The molecule has 0 spiro atoms. The summed E-state index contributed by atoms with van der Waals surface area (Å²) in [6, 6.07) is 10.2. The summed E-state index contributed by atoms with van der Waals surface area (Å²) in [4.78, 5) is 6.36. The van der Waals surface area contributed by atoms with Gasteiger partial charge in [0.05, 0.1) is 19.4 Å². The number of fused-ring (bicyclic) bond motifs is 1. The van der Waals surface area contributed by atoms with E-state index in [2.05, 4.69) is 27.3 Å². The Kier molecular flexibility index (Phi) is 3.51. The molecule has 3 N–H and O–H groups in total. The lowest BCUT2D eigenvalue weighted by atomic mass is 10.2. The molecule has 0 unspecified atom stereocenters. The highest BCUT2D eigenvalue weighted by Crippen LogP contribution is 2.34. The van der Waals surface area contributed by atoms with Gasteiger partial charge in [0, 0.05) is 36.0 Å². The predicted molar refractivity (Wildman–Crippen MR) is 91.2 cm³/mol. The predicted octanol–water partition coefficient (Wildman–Crippen LogP) is 2.99. The van der Waals surface area contributed by atoms with E-state index in [4.69, 9.17) is 14.9 Å². The van der Waals surface area contributed by atoms with Crippen LogP contribution in [0.2, 0.25) is 0 Å². The minimum Gasteiger partial charge on any atom is -0.437 e. The van der Waals surface area contributed by atoms with Gasteiger partial charge in [-0.2, -0.15) is 0 Å². The van der Waals surface area contributed by atoms with E-state index in [1.54, 1.807) is 12.4 Å². The molecule has 0 bridgehead atoms. The van der Waals surface area contributed by atoms with Crippen molar-refractivity contribution in [2.24, 2.45) is 0 Å². The Morgan fingerprint density at radius 3 is 2.65 bits per heavy atom. The van der Waals surface area contributed by atoms with Gasteiger partial charge in [-0.05, 0) is 30.3 Å². The van der Waals surface area contributed by atoms with Crippen molar-refractivity contribution in [1.82, 2.24) is 4.98 Å². The van der Waals surface area contributed by atoms with Crippen LogP contribution in [0.1, 0.15) is 0 Å². The summed E-state index contributed by atoms with van der Waals surface area (Å²) < 4.78 is 10.9. The molecule has 1 aromatic carbocycles. The molecule has 1 fully saturated rings. The normalized spacial score (nSPS) is 15.0. The zero-order valence-electron chi connectivity index (χ0n) is 12.7. The Morgan fingerprint density at radius 1 is 1.09 bits per heavy atom.